The van der Waals surface area contributed by atoms with Gasteiger partial charge in [-0.25, -0.2) is 0 Å². The van der Waals surface area contributed by atoms with Crippen molar-refractivity contribution < 1.29 is 4.74 Å². The Morgan fingerprint density at radius 2 is 1.86 bits per heavy atom. The summed E-state index contributed by atoms with van der Waals surface area (Å²) in [5.41, 5.74) is 1.48. The second kappa shape index (κ2) is 7.84. The van der Waals surface area contributed by atoms with Gasteiger partial charge in [-0.3, -0.25) is 0 Å². The van der Waals surface area contributed by atoms with Gasteiger partial charge in [0.05, 0.1) is 7.11 Å². The zero-order valence-electron chi connectivity index (χ0n) is 14.1. The topological polar surface area (TPSA) is 12.5 Å². The first-order valence-corrected chi connectivity index (χ1v) is 8.55. The highest BCUT2D eigenvalue weighted by Gasteiger charge is 2.32. The van der Waals surface area contributed by atoms with E-state index < -0.39 is 0 Å². The van der Waals surface area contributed by atoms with Crippen molar-refractivity contribution in [2.24, 2.45) is 5.92 Å². The molecule has 1 aromatic rings. The van der Waals surface area contributed by atoms with E-state index in [-0.39, 0.29) is 0 Å². The summed E-state index contributed by atoms with van der Waals surface area (Å²) in [5, 5.41) is 0. The van der Waals surface area contributed by atoms with Crippen molar-refractivity contribution >= 4 is 0 Å². The van der Waals surface area contributed by atoms with Gasteiger partial charge < -0.3 is 9.64 Å². The number of piperidine rings is 1. The predicted molar refractivity (Wildman–Crippen MR) is 90.1 cm³/mol. The molecule has 1 fully saturated rings. The summed E-state index contributed by atoms with van der Waals surface area (Å²) < 4.78 is 5.29. The van der Waals surface area contributed by atoms with Crippen LogP contribution < -0.4 is 4.74 Å². The Morgan fingerprint density at radius 3 is 2.38 bits per heavy atom. The van der Waals surface area contributed by atoms with Crippen LogP contribution in [0.4, 0.5) is 0 Å². The van der Waals surface area contributed by atoms with Crippen LogP contribution in [0.1, 0.15) is 57.4 Å². The molecule has 2 rings (SSSR count). The molecule has 1 aliphatic heterocycles. The summed E-state index contributed by atoms with van der Waals surface area (Å²) >= 11 is 0. The van der Waals surface area contributed by atoms with Gasteiger partial charge in [-0.1, -0.05) is 38.8 Å². The fraction of sp³-hybridized carbons (Fsp3) is 0.684. The van der Waals surface area contributed by atoms with Crippen molar-refractivity contribution in [1.29, 1.82) is 0 Å². The van der Waals surface area contributed by atoms with Crippen LogP contribution in [0.15, 0.2) is 24.3 Å². The van der Waals surface area contributed by atoms with Crippen LogP contribution in [0.2, 0.25) is 0 Å². The van der Waals surface area contributed by atoms with Crippen molar-refractivity contribution in [3.8, 4) is 5.75 Å². The first-order valence-electron chi connectivity index (χ1n) is 8.55. The molecule has 2 nitrogen and oxygen atoms in total. The predicted octanol–water partition coefficient (Wildman–Crippen LogP) is 4.70. The van der Waals surface area contributed by atoms with E-state index in [0.29, 0.717) is 5.92 Å². The summed E-state index contributed by atoms with van der Waals surface area (Å²) in [6, 6.07) is 9.48. The third-order valence-electron chi connectivity index (χ3n) is 5.29. The minimum absolute atomic E-state index is 0.659. The Hall–Kier alpha value is -1.02. The van der Waals surface area contributed by atoms with Gasteiger partial charge in [0, 0.05) is 6.04 Å². The quantitative estimate of drug-likeness (QED) is 0.752. The first-order chi connectivity index (χ1) is 10.2. The van der Waals surface area contributed by atoms with Crippen LogP contribution in [-0.2, 0) is 0 Å². The fourth-order valence-corrected chi connectivity index (χ4v) is 4.10. The third kappa shape index (κ3) is 3.79. The van der Waals surface area contributed by atoms with E-state index in [0.717, 1.165) is 17.7 Å². The monoisotopic (exact) mass is 289 g/mol. The number of ether oxygens (including phenoxy) is 1. The zero-order valence-corrected chi connectivity index (χ0v) is 14.1. The molecule has 0 unspecified atom stereocenters. The minimum atomic E-state index is 0.659. The Bertz CT molecular complexity index is 414. The lowest BCUT2D eigenvalue weighted by Crippen LogP contribution is -2.43. The standard InChI is InChI=1S/C19H31NO/c1-5-17(15-10-12-16(21-4)13-11-15)18(6-2)19-9-7-8-14-20(19)3/h10-13,17-19H,5-9,14H2,1-4H3/t17-,18-,19+/m1/s1. The van der Waals surface area contributed by atoms with Crippen molar-refractivity contribution in [2.45, 2.75) is 57.9 Å². The first kappa shape index (κ1) is 16.4. The second-order valence-electron chi connectivity index (χ2n) is 6.40. The molecule has 0 N–H and O–H groups in total. The van der Waals surface area contributed by atoms with Crippen molar-refractivity contribution in [3.05, 3.63) is 29.8 Å². The molecule has 0 saturated carbocycles. The van der Waals surface area contributed by atoms with Crippen LogP contribution >= 0.6 is 0 Å². The Morgan fingerprint density at radius 1 is 1.14 bits per heavy atom. The fourth-order valence-electron chi connectivity index (χ4n) is 4.10. The maximum Gasteiger partial charge on any atom is 0.118 e. The molecule has 2 heteroatoms. The van der Waals surface area contributed by atoms with Crippen LogP contribution in [0, 0.1) is 5.92 Å². The summed E-state index contributed by atoms with van der Waals surface area (Å²) in [6.45, 7) is 5.96. The summed E-state index contributed by atoms with van der Waals surface area (Å²) in [7, 11) is 4.05. The molecule has 0 radical (unpaired) electrons. The lowest BCUT2D eigenvalue weighted by molar-refractivity contribution is 0.109. The molecule has 0 spiro atoms. The van der Waals surface area contributed by atoms with Crippen LogP contribution in [-0.4, -0.2) is 31.6 Å². The number of benzene rings is 1. The Balaban J connectivity index is 2.19. The second-order valence-corrected chi connectivity index (χ2v) is 6.40. The highest BCUT2D eigenvalue weighted by Crippen LogP contribution is 2.37. The summed E-state index contributed by atoms with van der Waals surface area (Å²) in [5.74, 6) is 2.37. The van der Waals surface area contributed by atoms with Crippen molar-refractivity contribution in [2.75, 3.05) is 20.7 Å². The van der Waals surface area contributed by atoms with Gasteiger partial charge >= 0.3 is 0 Å². The number of hydrogen-bond donors (Lipinski definition) is 0. The minimum Gasteiger partial charge on any atom is -0.497 e. The molecule has 0 aromatic heterocycles. The van der Waals surface area contributed by atoms with E-state index in [1.165, 1.54) is 44.2 Å². The summed E-state index contributed by atoms with van der Waals surface area (Å²) in [4.78, 5) is 2.60. The third-order valence-corrected chi connectivity index (χ3v) is 5.29. The van der Waals surface area contributed by atoms with Crippen molar-refractivity contribution in [1.82, 2.24) is 4.90 Å². The van der Waals surface area contributed by atoms with Gasteiger partial charge in [0.2, 0.25) is 0 Å². The van der Waals surface area contributed by atoms with Gasteiger partial charge in [0.1, 0.15) is 5.75 Å². The number of likely N-dealkylation sites (tertiary alicyclic amines) is 1. The van der Waals surface area contributed by atoms with Gasteiger partial charge in [-0.05, 0) is 62.4 Å². The van der Waals surface area contributed by atoms with E-state index in [2.05, 4.69) is 50.1 Å². The van der Waals surface area contributed by atoms with E-state index >= 15 is 0 Å². The molecule has 1 saturated heterocycles. The number of hydrogen-bond acceptors (Lipinski definition) is 2. The van der Waals surface area contributed by atoms with Gasteiger partial charge in [0.15, 0.2) is 0 Å². The molecule has 0 amide bonds. The van der Waals surface area contributed by atoms with E-state index in [4.69, 9.17) is 4.74 Å². The van der Waals surface area contributed by atoms with E-state index in [9.17, 15) is 0 Å². The Kier molecular flexibility index (Phi) is 6.10. The maximum absolute atomic E-state index is 5.29. The van der Waals surface area contributed by atoms with E-state index in [1.54, 1.807) is 7.11 Å². The molecule has 118 valence electrons. The highest BCUT2D eigenvalue weighted by atomic mass is 16.5. The largest absolute Gasteiger partial charge is 0.497 e. The normalized spacial score (nSPS) is 22.8. The average molecular weight is 289 g/mol. The van der Waals surface area contributed by atoms with Gasteiger partial charge in [-0.15, -0.1) is 0 Å². The highest BCUT2D eigenvalue weighted by molar-refractivity contribution is 5.30. The SMILES string of the molecule is CC[C@H]([C@H](CC)c1ccc(OC)cc1)[C@@H]1CCCCN1C. The molecular weight excluding hydrogens is 258 g/mol. The molecular formula is C19H31NO. The molecule has 0 bridgehead atoms. The van der Waals surface area contributed by atoms with Gasteiger partial charge in [-0.2, -0.15) is 0 Å². The van der Waals surface area contributed by atoms with Gasteiger partial charge in [0.25, 0.3) is 0 Å². The number of nitrogens with zero attached hydrogens (tertiary/aromatic N) is 1. The Labute approximate surface area is 130 Å². The maximum atomic E-state index is 5.29. The lowest BCUT2D eigenvalue weighted by atomic mass is 9.75. The number of methoxy groups -OCH3 is 1. The molecule has 0 aliphatic carbocycles. The smallest absolute Gasteiger partial charge is 0.118 e. The van der Waals surface area contributed by atoms with Crippen LogP contribution in [0.3, 0.4) is 0 Å². The summed E-state index contributed by atoms with van der Waals surface area (Å²) in [6.07, 6.45) is 6.60. The number of rotatable bonds is 6. The van der Waals surface area contributed by atoms with Crippen molar-refractivity contribution in [3.63, 3.8) is 0 Å². The van der Waals surface area contributed by atoms with Crippen LogP contribution in [0.25, 0.3) is 0 Å². The molecule has 1 heterocycles. The molecule has 1 aromatic carbocycles. The lowest BCUT2D eigenvalue weighted by Gasteiger charge is -2.41. The molecule has 1 aliphatic rings. The zero-order chi connectivity index (χ0) is 15.2. The average Bonchev–Trinajstić information content (AvgIpc) is 2.54. The van der Waals surface area contributed by atoms with Crippen LogP contribution in [0.5, 0.6) is 5.75 Å². The van der Waals surface area contributed by atoms with E-state index in [1.807, 2.05) is 0 Å². The molecule has 21 heavy (non-hydrogen) atoms. The molecule has 3 atom stereocenters.